The Bertz CT molecular complexity index is 1080. The second kappa shape index (κ2) is 9.80. The number of aryl methyl sites for hydroxylation is 1. The fourth-order valence-corrected chi connectivity index (χ4v) is 3.73. The van der Waals surface area contributed by atoms with E-state index in [2.05, 4.69) is 15.5 Å². The molecule has 0 aliphatic heterocycles. The third-order valence-corrected chi connectivity index (χ3v) is 5.39. The maximum Gasteiger partial charge on any atom is 0.257 e. The molecular formula is C24H21N3O2S. The summed E-state index contributed by atoms with van der Waals surface area (Å²) in [4.78, 5) is 12.5. The monoisotopic (exact) mass is 415 g/mol. The average Bonchev–Trinajstić information content (AvgIpc) is 3.25. The van der Waals surface area contributed by atoms with Crippen LogP contribution in [0.15, 0.2) is 84.9 Å². The van der Waals surface area contributed by atoms with Gasteiger partial charge < -0.3 is 4.74 Å². The summed E-state index contributed by atoms with van der Waals surface area (Å²) < 4.78 is 5.69. The topological polar surface area (TPSA) is 64.1 Å². The molecule has 0 saturated heterocycles. The Morgan fingerprint density at radius 2 is 1.50 bits per heavy atom. The van der Waals surface area contributed by atoms with Crippen LogP contribution in [0.2, 0.25) is 0 Å². The van der Waals surface area contributed by atoms with Crippen molar-refractivity contribution in [1.29, 1.82) is 0 Å². The first kappa shape index (κ1) is 19.8. The van der Waals surface area contributed by atoms with Crippen molar-refractivity contribution >= 4 is 22.4 Å². The first-order chi connectivity index (χ1) is 14.8. The average molecular weight is 416 g/mol. The number of rotatable bonds is 8. The van der Waals surface area contributed by atoms with Crippen LogP contribution in [0, 0.1) is 0 Å². The van der Waals surface area contributed by atoms with Crippen molar-refractivity contribution in [2.45, 2.75) is 12.8 Å². The zero-order valence-electron chi connectivity index (χ0n) is 16.3. The van der Waals surface area contributed by atoms with E-state index in [1.807, 2.05) is 84.9 Å². The quantitative estimate of drug-likeness (QED) is 0.388. The summed E-state index contributed by atoms with van der Waals surface area (Å²) in [6, 6.07) is 27.3. The number of carbonyl (C=O) groups is 1. The molecule has 0 bridgehead atoms. The van der Waals surface area contributed by atoms with Gasteiger partial charge in [0.15, 0.2) is 0 Å². The summed E-state index contributed by atoms with van der Waals surface area (Å²) in [5.74, 6) is 0.672. The molecule has 0 spiro atoms. The Labute approximate surface area is 179 Å². The van der Waals surface area contributed by atoms with E-state index >= 15 is 0 Å². The molecule has 5 nitrogen and oxygen atoms in total. The van der Waals surface area contributed by atoms with Crippen LogP contribution in [0.3, 0.4) is 0 Å². The van der Waals surface area contributed by atoms with Crippen LogP contribution in [0.4, 0.5) is 5.13 Å². The molecule has 1 heterocycles. The molecule has 0 fully saturated rings. The molecule has 4 rings (SSSR count). The van der Waals surface area contributed by atoms with Gasteiger partial charge in [-0.2, -0.15) is 0 Å². The minimum Gasteiger partial charge on any atom is -0.494 e. The van der Waals surface area contributed by atoms with E-state index in [-0.39, 0.29) is 5.91 Å². The van der Waals surface area contributed by atoms with Gasteiger partial charge in [-0.3, -0.25) is 10.1 Å². The lowest BCUT2D eigenvalue weighted by atomic mass is 10.0. The second-order valence-corrected chi connectivity index (χ2v) is 7.73. The standard InChI is InChI=1S/C24H21N3O2S/c28-23(20-15-13-19(14-16-20)18-8-3-1-4-9-18)25-24-27-26-22(30-24)12-7-17-29-21-10-5-2-6-11-21/h1-6,8-11,13-16H,7,12,17H2,(H,25,27,28). The van der Waals surface area contributed by atoms with Crippen molar-refractivity contribution in [2.24, 2.45) is 0 Å². The number of nitrogens with zero attached hydrogens (tertiary/aromatic N) is 2. The van der Waals surface area contributed by atoms with Gasteiger partial charge in [0.05, 0.1) is 6.61 Å². The van der Waals surface area contributed by atoms with Crippen LogP contribution in [0.1, 0.15) is 21.8 Å². The molecule has 0 radical (unpaired) electrons. The van der Waals surface area contributed by atoms with Crippen LogP contribution in [0.25, 0.3) is 11.1 Å². The lowest BCUT2D eigenvalue weighted by Crippen LogP contribution is -2.11. The highest BCUT2D eigenvalue weighted by molar-refractivity contribution is 7.15. The maximum atomic E-state index is 12.5. The Morgan fingerprint density at radius 3 is 2.23 bits per heavy atom. The Kier molecular flexibility index (Phi) is 6.47. The number of aromatic nitrogens is 2. The van der Waals surface area contributed by atoms with E-state index in [0.717, 1.165) is 34.7 Å². The first-order valence-electron chi connectivity index (χ1n) is 9.75. The third-order valence-electron chi connectivity index (χ3n) is 4.49. The zero-order chi connectivity index (χ0) is 20.6. The van der Waals surface area contributed by atoms with Crippen molar-refractivity contribution in [3.05, 3.63) is 95.5 Å². The molecular weight excluding hydrogens is 394 g/mol. The summed E-state index contributed by atoms with van der Waals surface area (Å²) in [7, 11) is 0. The molecule has 0 aliphatic rings. The molecule has 3 aromatic carbocycles. The number of hydrogen-bond donors (Lipinski definition) is 1. The summed E-state index contributed by atoms with van der Waals surface area (Å²) in [6.45, 7) is 0.610. The number of ether oxygens (including phenoxy) is 1. The highest BCUT2D eigenvalue weighted by atomic mass is 32.1. The molecule has 6 heteroatoms. The van der Waals surface area contributed by atoms with Gasteiger partial charge in [0.25, 0.3) is 5.91 Å². The van der Waals surface area contributed by atoms with Crippen molar-refractivity contribution in [1.82, 2.24) is 10.2 Å². The predicted molar refractivity (Wildman–Crippen MR) is 120 cm³/mol. The van der Waals surface area contributed by atoms with E-state index < -0.39 is 0 Å². The molecule has 1 aromatic heterocycles. The van der Waals surface area contributed by atoms with Gasteiger partial charge in [-0.05, 0) is 41.8 Å². The third kappa shape index (κ3) is 5.30. The van der Waals surface area contributed by atoms with Crippen LogP contribution in [0.5, 0.6) is 5.75 Å². The van der Waals surface area contributed by atoms with E-state index in [4.69, 9.17) is 4.74 Å². The number of para-hydroxylation sites is 1. The van der Waals surface area contributed by atoms with Gasteiger partial charge in [-0.15, -0.1) is 10.2 Å². The fourth-order valence-electron chi connectivity index (χ4n) is 2.95. The summed E-state index contributed by atoms with van der Waals surface area (Å²) in [5, 5.41) is 12.4. The number of nitrogens with one attached hydrogen (secondary N) is 1. The first-order valence-corrected chi connectivity index (χ1v) is 10.6. The minimum atomic E-state index is -0.190. The normalized spacial score (nSPS) is 10.5. The lowest BCUT2D eigenvalue weighted by molar-refractivity contribution is 0.102. The molecule has 30 heavy (non-hydrogen) atoms. The Balaban J connectivity index is 1.27. The second-order valence-electron chi connectivity index (χ2n) is 6.66. The molecule has 1 amide bonds. The number of anilines is 1. The Morgan fingerprint density at radius 1 is 0.833 bits per heavy atom. The van der Waals surface area contributed by atoms with Gasteiger partial charge in [-0.25, -0.2) is 0 Å². The zero-order valence-corrected chi connectivity index (χ0v) is 17.1. The number of benzene rings is 3. The summed E-state index contributed by atoms with van der Waals surface area (Å²) >= 11 is 1.39. The molecule has 0 aliphatic carbocycles. The molecule has 1 N–H and O–H groups in total. The largest absolute Gasteiger partial charge is 0.494 e. The minimum absolute atomic E-state index is 0.190. The fraction of sp³-hybridized carbons (Fsp3) is 0.125. The summed E-state index contributed by atoms with van der Waals surface area (Å²) in [5.41, 5.74) is 2.78. The lowest BCUT2D eigenvalue weighted by Gasteiger charge is -2.04. The van der Waals surface area contributed by atoms with Crippen LogP contribution in [-0.4, -0.2) is 22.7 Å². The number of hydrogen-bond acceptors (Lipinski definition) is 5. The molecule has 0 saturated carbocycles. The van der Waals surface area contributed by atoms with Gasteiger partial charge >= 0.3 is 0 Å². The molecule has 4 aromatic rings. The van der Waals surface area contributed by atoms with Gasteiger partial charge in [0.2, 0.25) is 5.13 Å². The maximum absolute atomic E-state index is 12.5. The van der Waals surface area contributed by atoms with Gasteiger partial charge in [-0.1, -0.05) is 72.0 Å². The molecule has 150 valence electrons. The van der Waals surface area contributed by atoms with Gasteiger partial charge in [0, 0.05) is 12.0 Å². The number of carbonyl (C=O) groups excluding carboxylic acids is 1. The Hall–Kier alpha value is -3.51. The van der Waals surface area contributed by atoms with E-state index in [1.165, 1.54) is 11.3 Å². The van der Waals surface area contributed by atoms with Crippen LogP contribution < -0.4 is 10.1 Å². The van der Waals surface area contributed by atoms with Gasteiger partial charge in [0.1, 0.15) is 10.8 Å². The van der Waals surface area contributed by atoms with E-state index in [1.54, 1.807) is 0 Å². The van der Waals surface area contributed by atoms with E-state index in [0.29, 0.717) is 17.3 Å². The molecule has 0 unspecified atom stereocenters. The summed E-state index contributed by atoms with van der Waals surface area (Å²) in [6.07, 6.45) is 1.59. The highest BCUT2D eigenvalue weighted by Gasteiger charge is 2.10. The van der Waals surface area contributed by atoms with Crippen molar-refractivity contribution in [3.63, 3.8) is 0 Å². The van der Waals surface area contributed by atoms with Crippen molar-refractivity contribution in [3.8, 4) is 16.9 Å². The smallest absolute Gasteiger partial charge is 0.257 e. The SMILES string of the molecule is O=C(Nc1nnc(CCCOc2ccccc2)s1)c1ccc(-c2ccccc2)cc1. The van der Waals surface area contributed by atoms with Crippen molar-refractivity contribution in [2.75, 3.05) is 11.9 Å². The van der Waals surface area contributed by atoms with E-state index in [9.17, 15) is 4.79 Å². The molecule has 0 atom stereocenters. The predicted octanol–water partition coefficient (Wildman–Crippen LogP) is 5.47. The van der Waals surface area contributed by atoms with Crippen LogP contribution >= 0.6 is 11.3 Å². The number of amides is 1. The van der Waals surface area contributed by atoms with Crippen molar-refractivity contribution < 1.29 is 9.53 Å². The highest BCUT2D eigenvalue weighted by Crippen LogP contribution is 2.21. The van der Waals surface area contributed by atoms with Crippen LogP contribution in [-0.2, 0) is 6.42 Å².